The fraction of sp³-hybridized carbons (Fsp3) is 0.692. The van der Waals surface area contributed by atoms with E-state index in [2.05, 4.69) is 37.7 Å². The van der Waals surface area contributed by atoms with Gasteiger partial charge in [-0.2, -0.15) is 0 Å². The average Bonchev–Trinajstić information content (AvgIpc) is 2.62. The third-order valence-electron chi connectivity index (χ3n) is 2.97. The van der Waals surface area contributed by atoms with Gasteiger partial charge in [-0.1, -0.05) is 20.8 Å². The first-order chi connectivity index (χ1) is 8.36. The molecular formula is C13H21N3OS. The molecule has 0 bridgehead atoms. The van der Waals surface area contributed by atoms with E-state index in [1.54, 1.807) is 11.8 Å². The smallest absolute Gasteiger partial charge is 0.137 e. The minimum atomic E-state index is -0.0809. The Morgan fingerprint density at radius 3 is 2.67 bits per heavy atom. The summed E-state index contributed by atoms with van der Waals surface area (Å²) in [6.45, 7) is 9.23. The Kier molecular flexibility index (Phi) is 3.82. The van der Waals surface area contributed by atoms with Crippen molar-refractivity contribution < 1.29 is 4.74 Å². The van der Waals surface area contributed by atoms with E-state index in [1.165, 1.54) is 0 Å². The number of rotatable bonds is 2. The van der Waals surface area contributed by atoms with Gasteiger partial charge in [0.1, 0.15) is 16.7 Å². The molecule has 2 rings (SSSR count). The van der Waals surface area contributed by atoms with Crippen LogP contribution in [0.25, 0.3) is 0 Å². The predicted molar refractivity (Wildman–Crippen MR) is 74.8 cm³/mol. The minimum absolute atomic E-state index is 0.0809. The Balaban J connectivity index is 2.20. The molecule has 4 nitrogen and oxygen atoms in total. The Labute approximate surface area is 113 Å². The summed E-state index contributed by atoms with van der Waals surface area (Å²) in [5.41, 5.74) is 5.79. The molecule has 2 N–H and O–H groups in total. The molecule has 1 aromatic heterocycles. The van der Waals surface area contributed by atoms with Crippen LogP contribution in [0.4, 0.5) is 5.82 Å². The molecule has 2 unspecified atom stereocenters. The molecule has 1 fully saturated rings. The van der Waals surface area contributed by atoms with Crippen LogP contribution in [0.1, 0.15) is 39.9 Å². The standard InChI is InChI=1S/C13H21N3OS/c1-8-9(5-6-17-8)18-11-7-10(14)15-12(16-11)13(2,3)4/h7-9H,5-6H2,1-4H3,(H2,14,15,16). The van der Waals surface area contributed by atoms with Gasteiger partial charge in [-0.3, -0.25) is 0 Å². The van der Waals surface area contributed by atoms with Gasteiger partial charge in [-0.15, -0.1) is 11.8 Å². The van der Waals surface area contributed by atoms with E-state index >= 15 is 0 Å². The number of nitrogen functional groups attached to an aromatic ring is 1. The topological polar surface area (TPSA) is 61.0 Å². The molecule has 2 heterocycles. The van der Waals surface area contributed by atoms with Crippen LogP contribution >= 0.6 is 11.8 Å². The molecule has 1 aromatic rings. The number of hydrogen-bond acceptors (Lipinski definition) is 5. The fourth-order valence-electron chi connectivity index (χ4n) is 1.86. The minimum Gasteiger partial charge on any atom is -0.384 e. The molecule has 100 valence electrons. The van der Waals surface area contributed by atoms with Gasteiger partial charge < -0.3 is 10.5 Å². The molecule has 1 aliphatic rings. The van der Waals surface area contributed by atoms with Crippen LogP contribution in [0.2, 0.25) is 0 Å². The summed E-state index contributed by atoms with van der Waals surface area (Å²) in [6.07, 6.45) is 1.35. The molecule has 0 spiro atoms. The number of aromatic nitrogens is 2. The number of nitrogens with two attached hydrogens (primary N) is 1. The van der Waals surface area contributed by atoms with Gasteiger partial charge in [0.2, 0.25) is 0 Å². The van der Waals surface area contributed by atoms with Crippen LogP contribution in [-0.2, 0) is 10.2 Å². The number of nitrogens with zero attached hydrogens (tertiary/aromatic N) is 2. The Hall–Kier alpha value is -0.810. The number of thioether (sulfide) groups is 1. The van der Waals surface area contributed by atoms with Crippen molar-refractivity contribution in [3.8, 4) is 0 Å². The van der Waals surface area contributed by atoms with Gasteiger partial charge in [-0.25, -0.2) is 9.97 Å². The summed E-state index contributed by atoms with van der Waals surface area (Å²) in [7, 11) is 0. The van der Waals surface area contributed by atoms with Crippen molar-refractivity contribution in [3.05, 3.63) is 11.9 Å². The second-order valence-electron chi connectivity index (χ2n) is 5.73. The second-order valence-corrected chi connectivity index (χ2v) is 6.99. The van der Waals surface area contributed by atoms with Crippen LogP contribution in [0, 0.1) is 0 Å². The largest absolute Gasteiger partial charge is 0.384 e. The SMILES string of the molecule is CC1OCCC1Sc1cc(N)nc(C(C)(C)C)n1. The van der Waals surface area contributed by atoms with Crippen LogP contribution in [-0.4, -0.2) is 27.9 Å². The number of ether oxygens (including phenoxy) is 1. The third kappa shape index (κ3) is 3.14. The number of hydrogen-bond donors (Lipinski definition) is 1. The van der Waals surface area contributed by atoms with Gasteiger partial charge in [0.05, 0.1) is 6.10 Å². The Morgan fingerprint density at radius 1 is 1.39 bits per heavy atom. The van der Waals surface area contributed by atoms with Crippen LogP contribution < -0.4 is 5.73 Å². The average molecular weight is 267 g/mol. The van der Waals surface area contributed by atoms with Gasteiger partial charge in [0.15, 0.2) is 0 Å². The Bertz CT molecular complexity index is 431. The van der Waals surface area contributed by atoms with E-state index < -0.39 is 0 Å². The summed E-state index contributed by atoms with van der Waals surface area (Å²) >= 11 is 1.75. The maximum absolute atomic E-state index is 5.87. The van der Waals surface area contributed by atoms with Crippen molar-refractivity contribution in [2.75, 3.05) is 12.3 Å². The van der Waals surface area contributed by atoms with Gasteiger partial charge >= 0.3 is 0 Å². The fourth-order valence-corrected chi connectivity index (χ4v) is 2.98. The maximum atomic E-state index is 5.87. The number of anilines is 1. The zero-order valence-electron chi connectivity index (χ0n) is 11.4. The van der Waals surface area contributed by atoms with Gasteiger partial charge in [0.25, 0.3) is 0 Å². The van der Waals surface area contributed by atoms with Crippen LogP contribution in [0.5, 0.6) is 0 Å². The highest BCUT2D eigenvalue weighted by atomic mass is 32.2. The van der Waals surface area contributed by atoms with E-state index in [-0.39, 0.29) is 11.5 Å². The first-order valence-corrected chi connectivity index (χ1v) is 7.17. The summed E-state index contributed by atoms with van der Waals surface area (Å²) in [6, 6.07) is 1.85. The summed E-state index contributed by atoms with van der Waals surface area (Å²) < 4.78 is 5.57. The highest BCUT2D eigenvalue weighted by Crippen LogP contribution is 2.33. The molecule has 18 heavy (non-hydrogen) atoms. The summed E-state index contributed by atoms with van der Waals surface area (Å²) in [4.78, 5) is 8.94. The van der Waals surface area contributed by atoms with E-state index in [4.69, 9.17) is 10.5 Å². The van der Waals surface area contributed by atoms with Crippen LogP contribution in [0.3, 0.4) is 0 Å². The molecule has 5 heteroatoms. The van der Waals surface area contributed by atoms with Crippen molar-refractivity contribution in [2.24, 2.45) is 0 Å². The van der Waals surface area contributed by atoms with Crippen molar-refractivity contribution in [3.63, 3.8) is 0 Å². The molecule has 1 aliphatic heterocycles. The van der Waals surface area contributed by atoms with Gasteiger partial charge in [-0.05, 0) is 13.3 Å². The van der Waals surface area contributed by atoms with Crippen LogP contribution in [0.15, 0.2) is 11.1 Å². The lowest BCUT2D eigenvalue weighted by Crippen LogP contribution is -2.18. The molecule has 1 saturated heterocycles. The first kappa shape index (κ1) is 13.6. The highest BCUT2D eigenvalue weighted by molar-refractivity contribution is 7.99. The monoisotopic (exact) mass is 267 g/mol. The molecule has 0 aromatic carbocycles. The zero-order chi connectivity index (χ0) is 13.3. The molecule has 0 amide bonds. The quantitative estimate of drug-likeness (QED) is 0.835. The Morgan fingerprint density at radius 2 is 2.11 bits per heavy atom. The predicted octanol–water partition coefficient (Wildman–Crippen LogP) is 2.63. The zero-order valence-corrected chi connectivity index (χ0v) is 12.3. The second kappa shape index (κ2) is 5.05. The van der Waals surface area contributed by atoms with Crippen molar-refractivity contribution in [1.82, 2.24) is 9.97 Å². The molecular weight excluding hydrogens is 246 g/mol. The normalized spacial score (nSPS) is 24.4. The maximum Gasteiger partial charge on any atom is 0.137 e. The van der Waals surface area contributed by atoms with Crippen molar-refractivity contribution in [1.29, 1.82) is 0 Å². The summed E-state index contributed by atoms with van der Waals surface area (Å²) in [5, 5.41) is 1.42. The van der Waals surface area contributed by atoms with Gasteiger partial charge in [0, 0.05) is 23.3 Å². The third-order valence-corrected chi connectivity index (χ3v) is 4.34. The lowest BCUT2D eigenvalue weighted by atomic mass is 9.96. The van der Waals surface area contributed by atoms with Crippen molar-refractivity contribution in [2.45, 2.75) is 55.9 Å². The lowest BCUT2D eigenvalue weighted by molar-refractivity contribution is 0.127. The lowest BCUT2D eigenvalue weighted by Gasteiger charge is -2.19. The van der Waals surface area contributed by atoms with Crippen molar-refractivity contribution >= 4 is 17.6 Å². The van der Waals surface area contributed by atoms with E-state index in [1.807, 2.05) is 6.07 Å². The molecule has 0 aliphatic carbocycles. The molecule has 0 radical (unpaired) electrons. The van der Waals surface area contributed by atoms with E-state index in [9.17, 15) is 0 Å². The molecule has 2 atom stereocenters. The van der Waals surface area contributed by atoms with E-state index in [0.717, 1.165) is 23.9 Å². The van der Waals surface area contributed by atoms with E-state index in [0.29, 0.717) is 11.1 Å². The molecule has 0 saturated carbocycles. The first-order valence-electron chi connectivity index (χ1n) is 6.29. The highest BCUT2D eigenvalue weighted by Gasteiger charge is 2.26. The summed E-state index contributed by atoms with van der Waals surface area (Å²) in [5.74, 6) is 1.35.